The molecule has 0 aliphatic rings. The number of aliphatic hydroxyl groups excluding tert-OH is 1. The molecule has 1 amide bonds. The summed E-state index contributed by atoms with van der Waals surface area (Å²) in [6.45, 7) is 9.49. The van der Waals surface area contributed by atoms with Crippen molar-refractivity contribution in [2.75, 3.05) is 32.9 Å². The van der Waals surface area contributed by atoms with Crippen LogP contribution in [-0.4, -0.2) is 61.2 Å². The summed E-state index contributed by atoms with van der Waals surface area (Å²) in [4.78, 5) is 13.8. The largest absolute Gasteiger partial charge is 0.394 e. The topological polar surface area (TPSA) is 85.0 Å². The third-order valence-electron chi connectivity index (χ3n) is 3.13. The highest BCUT2D eigenvalue weighted by Crippen LogP contribution is 2.09. The van der Waals surface area contributed by atoms with Crippen LogP contribution in [0.25, 0.3) is 0 Å². The zero-order valence-corrected chi connectivity index (χ0v) is 13.2. The summed E-state index contributed by atoms with van der Waals surface area (Å²) in [7, 11) is 0. The van der Waals surface area contributed by atoms with Gasteiger partial charge >= 0.3 is 0 Å². The molecule has 0 aliphatic heterocycles. The molecule has 0 aliphatic carbocycles. The van der Waals surface area contributed by atoms with Crippen molar-refractivity contribution in [2.24, 2.45) is 11.7 Å². The lowest BCUT2D eigenvalue weighted by Crippen LogP contribution is -2.50. The van der Waals surface area contributed by atoms with Gasteiger partial charge in [-0.1, -0.05) is 20.3 Å². The van der Waals surface area contributed by atoms with Gasteiger partial charge in [0, 0.05) is 19.8 Å². The number of nitrogens with two attached hydrogens (primary N) is 1. The summed E-state index contributed by atoms with van der Waals surface area (Å²) in [5.41, 5.74) is 5.64. The zero-order valence-electron chi connectivity index (χ0n) is 13.2. The van der Waals surface area contributed by atoms with Gasteiger partial charge in [0.05, 0.1) is 13.2 Å². The summed E-state index contributed by atoms with van der Waals surface area (Å²) in [5.74, 6) is 0.0888. The van der Waals surface area contributed by atoms with Gasteiger partial charge in [0.2, 0.25) is 5.91 Å². The molecule has 0 saturated heterocycles. The Labute approximate surface area is 122 Å². The van der Waals surface area contributed by atoms with Crippen molar-refractivity contribution < 1.29 is 19.4 Å². The minimum atomic E-state index is -0.886. The van der Waals surface area contributed by atoms with E-state index in [9.17, 15) is 4.79 Å². The molecule has 2 atom stereocenters. The van der Waals surface area contributed by atoms with E-state index in [4.69, 9.17) is 20.3 Å². The fourth-order valence-electron chi connectivity index (χ4n) is 1.78. The zero-order chi connectivity index (χ0) is 15.5. The average molecular weight is 290 g/mol. The second-order valence-electron chi connectivity index (χ2n) is 4.89. The van der Waals surface area contributed by atoms with E-state index >= 15 is 0 Å². The van der Waals surface area contributed by atoms with Crippen molar-refractivity contribution in [1.82, 2.24) is 4.90 Å². The Morgan fingerprint density at radius 2 is 1.75 bits per heavy atom. The summed E-state index contributed by atoms with van der Waals surface area (Å²) < 4.78 is 10.9. The molecular formula is C14H30N2O4. The summed E-state index contributed by atoms with van der Waals surface area (Å²) >= 11 is 0. The second kappa shape index (κ2) is 11.0. The quantitative estimate of drug-likeness (QED) is 0.544. The van der Waals surface area contributed by atoms with Crippen LogP contribution in [0.2, 0.25) is 0 Å². The number of ether oxygens (including phenoxy) is 2. The lowest BCUT2D eigenvalue weighted by molar-refractivity contribution is -0.160. The van der Waals surface area contributed by atoms with Crippen molar-refractivity contribution in [1.29, 1.82) is 0 Å². The number of rotatable bonds is 11. The van der Waals surface area contributed by atoms with Gasteiger partial charge in [-0.15, -0.1) is 0 Å². The van der Waals surface area contributed by atoms with E-state index in [1.165, 1.54) is 0 Å². The molecule has 0 radical (unpaired) electrons. The molecule has 0 aromatic rings. The number of hydrogen-bond acceptors (Lipinski definition) is 5. The van der Waals surface area contributed by atoms with Crippen LogP contribution in [0, 0.1) is 5.92 Å². The summed E-state index contributed by atoms with van der Waals surface area (Å²) in [6.07, 6.45) is 0.510. The molecule has 0 fully saturated rings. The first-order valence-corrected chi connectivity index (χ1v) is 7.38. The lowest BCUT2D eigenvalue weighted by Gasteiger charge is -2.30. The number of nitrogens with zero attached hydrogens (tertiary/aromatic N) is 1. The molecule has 0 rings (SSSR count). The highest BCUT2D eigenvalue weighted by molar-refractivity contribution is 5.81. The minimum Gasteiger partial charge on any atom is -0.394 e. The molecular weight excluding hydrogens is 260 g/mol. The van der Waals surface area contributed by atoms with Crippen LogP contribution in [0.4, 0.5) is 0 Å². The predicted octanol–water partition coefficient (Wildman–Crippen LogP) is 0.580. The van der Waals surface area contributed by atoms with Crippen molar-refractivity contribution in [3.63, 3.8) is 0 Å². The summed E-state index contributed by atoms with van der Waals surface area (Å²) in [6, 6.07) is -0.886. The predicted molar refractivity (Wildman–Crippen MR) is 78.1 cm³/mol. The second-order valence-corrected chi connectivity index (χ2v) is 4.89. The first-order valence-electron chi connectivity index (χ1n) is 7.38. The molecule has 0 spiro atoms. The molecule has 3 N–H and O–H groups in total. The van der Waals surface area contributed by atoms with Gasteiger partial charge in [-0.2, -0.15) is 0 Å². The highest BCUT2D eigenvalue weighted by Gasteiger charge is 2.25. The van der Waals surface area contributed by atoms with Gasteiger partial charge in [0.15, 0.2) is 6.29 Å². The summed E-state index contributed by atoms with van der Waals surface area (Å²) in [5, 5.41) is 9.05. The third kappa shape index (κ3) is 7.19. The number of carbonyl (C=O) groups excluding carboxylic acids is 1. The number of hydrogen-bond donors (Lipinski definition) is 2. The molecule has 6 nitrogen and oxygen atoms in total. The van der Waals surface area contributed by atoms with Gasteiger partial charge < -0.3 is 25.2 Å². The van der Waals surface area contributed by atoms with Gasteiger partial charge in [0.1, 0.15) is 6.04 Å². The van der Waals surface area contributed by atoms with E-state index in [1.807, 2.05) is 13.8 Å². The molecule has 6 heteroatoms. The van der Waals surface area contributed by atoms with Crippen molar-refractivity contribution in [3.05, 3.63) is 0 Å². The Balaban J connectivity index is 4.76. The minimum absolute atomic E-state index is 0.266. The monoisotopic (exact) mass is 290 g/mol. The molecule has 120 valence electrons. The van der Waals surface area contributed by atoms with Gasteiger partial charge in [0.25, 0.3) is 0 Å². The average Bonchev–Trinajstić information content (AvgIpc) is 2.45. The van der Waals surface area contributed by atoms with Gasteiger partial charge in [-0.3, -0.25) is 4.79 Å². The molecule has 2 unspecified atom stereocenters. The van der Waals surface area contributed by atoms with Crippen molar-refractivity contribution in [3.8, 4) is 0 Å². The van der Waals surface area contributed by atoms with E-state index in [2.05, 4.69) is 13.8 Å². The normalized spacial score (nSPS) is 14.3. The maximum Gasteiger partial charge on any atom is 0.242 e. The van der Waals surface area contributed by atoms with Crippen LogP contribution in [0.15, 0.2) is 0 Å². The van der Waals surface area contributed by atoms with Crippen molar-refractivity contribution in [2.45, 2.75) is 46.4 Å². The molecule has 0 bridgehead atoms. The Kier molecular flexibility index (Phi) is 10.6. The first kappa shape index (κ1) is 19.3. The fourth-order valence-corrected chi connectivity index (χ4v) is 1.78. The lowest BCUT2D eigenvalue weighted by atomic mass is 10.1. The van der Waals surface area contributed by atoms with Crippen LogP contribution in [0.1, 0.15) is 34.1 Å². The third-order valence-corrected chi connectivity index (χ3v) is 3.13. The Morgan fingerprint density at radius 1 is 1.20 bits per heavy atom. The number of carbonyl (C=O) groups is 1. The maximum atomic E-state index is 12.2. The number of aliphatic hydroxyl groups is 1. The molecule has 0 heterocycles. The van der Waals surface area contributed by atoms with E-state index in [0.717, 1.165) is 6.42 Å². The smallest absolute Gasteiger partial charge is 0.242 e. The van der Waals surface area contributed by atoms with Gasteiger partial charge in [-0.25, -0.2) is 0 Å². The molecule has 0 saturated carbocycles. The highest BCUT2D eigenvalue weighted by atomic mass is 16.7. The van der Waals surface area contributed by atoms with E-state index in [-0.39, 0.29) is 12.5 Å². The van der Waals surface area contributed by atoms with Crippen LogP contribution in [-0.2, 0) is 14.3 Å². The number of amides is 1. The SMILES string of the molecule is CCOC(CN(CC(C)CC)C(=O)C(N)CO)OCC. The molecule has 0 aromatic heterocycles. The maximum absolute atomic E-state index is 12.2. The van der Waals surface area contributed by atoms with Crippen LogP contribution in [0.3, 0.4) is 0 Å². The molecule has 20 heavy (non-hydrogen) atoms. The van der Waals surface area contributed by atoms with Crippen LogP contribution < -0.4 is 5.73 Å². The Morgan fingerprint density at radius 3 is 2.15 bits per heavy atom. The molecule has 0 aromatic carbocycles. The van der Waals surface area contributed by atoms with E-state index in [0.29, 0.717) is 32.2 Å². The van der Waals surface area contributed by atoms with Crippen LogP contribution in [0.5, 0.6) is 0 Å². The van der Waals surface area contributed by atoms with E-state index in [1.54, 1.807) is 4.90 Å². The Bertz CT molecular complexity index is 258. The first-order chi connectivity index (χ1) is 9.49. The fraction of sp³-hybridized carbons (Fsp3) is 0.929. The Hall–Kier alpha value is -0.690. The van der Waals surface area contributed by atoms with Gasteiger partial charge in [-0.05, 0) is 19.8 Å². The standard InChI is InChI=1S/C14H30N2O4/c1-5-11(4)8-16(14(18)12(15)10-17)9-13(19-6-2)20-7-3/h11-13,17H,5-10,15H2,1-4H3. The van der Waals surface area contributed by atoms with Crippen molar-refractivity contribution >= 4 is 5.91 Å². The van der Waals surface area contributed by atoms with Crippen LogP contribution >= 0.6 is 0 Å². The van der Waals surface area contributed by atoms with E-state index < -0.39 is 12.3 Å².